The van der Waals surface area contributed by atoms with Gasteiger partial charge in [-0.05, 0) is 45.4 Å². The highest BCUT2D eigenvalue weighted by Crippen LogP contribution is 2.28. The lowest BCUT2D eigenvalue weighted by Crippen LogP contribution is -2.52. The van der Waals surface area contributed by atoms with Gasteiger partial charge < -0.3 is 19.9 Å². The third-order valence-corrected chi connectivity index (χ3v) is 5.23. The summed E-state index contributed by atoms with van der Waals surface area (Å²) >= 11 is 0. The molecule has 1 aromatic heterocycles. The fourth-order valence-electron chi connectivity index (χ4n) is 3.78. The van der Waals surface area contributed by atoms with E-state index in [-0.39, 0.29) is 24.0 Å². The summed E-state index contributed by atoms with van der Waals surface area (Å²) in [7, 11) is 1.73. The van der Waals surface area contributed by atoms with Gasteiger partial charge in [0, 0.05) is 51.5 Å². The minimum absolute atomic E-state index is 0. The van der Waals surface area contributed by atoms with Gasteiger partial charge in [0.05, 0.1) is 18.5 Å². The molecule has 30 heavy (non-hydrogen) atoms. The zero-order valence-electron chi connectivity index (χ0n) is 18.6. The van der Waals surface area contributed by atoms with Crippen molar-refractivity contribution >= 4 is 35.6 Å². The number of halogens is 1. The molecule has 0 bridgehead atoms. The Morgan fingerprint density at radius 2 is 1.90 bits per heavy atom. The van der Waals surface area contributed by atoms with Crippen molar-refractivity contribution in [3.8, 4) is 5.75 Å². The van der Waals surface area contributed by atoms with Crippen molar-refractivity contribution in [2.45, 2.75) is 33.7 Å². The number of benzene rings is 1. The van der Waals surface area contributed by atoms with Gasteiger partial charge in [0.2, 0.25) is 0 Å². The number of aromatic nitrogens is 2. The molecule has 1 aliphatic heterocycles. The molecule has 2 heterocycles. The van der Waals surface area contributed by atoms with Crippen molar-refractivity contribution in [2.75, 3.05) is 51.3 Å². The maximum absolute atomic E-state index is 5.52. The average Bonchev–Trinajstić information content (AvgIpc) is 3.07. The fraction of sp³-hybridized carbons (Fsp3) is 0.545. The van der Waals surface area contributed by atoms with E-state index in [1.807, 2.05) is 19.1 Å². The maximum atomic E-state index is 5.52. The van der Waals surface area contributed by atoms with Crippen molar-refractivity contribution in [1.29, 1.82) is 0 Å². The Hall–Kier alpha value is -1.97. The lowest BCUT2D eigenvalue weighted by atomic mass is 10.2. The molecule has 2 aromatic rings. The number of guanidine groups is 1. The number of nitrogens with zero attached hydrogens (tertiary/aromatic N) is 5. The summed E-state index contributed by atoms with van der Waals surface area (Å²) < 4.78 is 7.60. The first-order valence-electron chi connectivity index (χ1n) is 10.5. The summed E-state index contributed by atoms with van der Waals surface area (Å²) in [5, 5.41) is 7.98. The molecular weight excluding hydrogens is 491 g/mol. The van der Waals surface area contributed by atoms with E-state index in [1.165, 1.54) is 11.4 Å². The van der Waals surface area contributed by atoms with E-state index in [4.69, 9.17) is 9.73 Å². The second-order valence-electron chi connectivity index (χ2n) is 7.39. The van der Waals surface area contributed by atoms with Gasteiger partial charge in [0.25, 0.3) is 0 Å². The summed E-state index contributed by atoms with van der Waals surface area (Å²) in [5.74, 6) is 1.95. The molecule has 1 N–H and O–H groups in total. The molecule has 166 valence electrons. The highest BCUT2D eigenvalue weighted by atomic mass is 127. The normalized spacial score (nSPS) is 14.5. The van der Waals surface area contributed by atoms with Crippen LogP contribution in [0.25, 0.3) is 0 Å². The van der Waals surface area contributed by atoms with E-state index >= 15 is 0 Å². The summed E-state index contributed by atoms with van der Waals surface area (Å²) in [5.41, 5.74) is 3.46. The van der Waals surface area contributed by atoms with Gasteiger partial charge in [-0.2, -0.15) is 5.10 Å². The van der Waals surface area contributed by atoms with Crippen LogP contribution in [0.2, 0.25) is 0 Å². The number of hydrogen-bond acceptors (Lipinski definition) is 4. The third-order valence-electron chi connectivity index (χ3n) is 5.23. The molecule has 0 spiro atoms. The van der Waals surface area contributed by atoms with Crippen LogP contribution in [-0.2, 0) is 6.54 Å². The van der Waals surface area contributed by atoms with Crippen molar-refractivity contribution in [1.82, 2.24) is 20.0 Å². The Balaban J connectivity index is 0.00000320. The molecule has 1 fully saturated rings. The maximum Gasteiger partial charge on any atom is 0.194 e. The number of anilines is 1. The van der Waals surface area contributed by atoms with E-state index in [0.717, 1.165) is 69.6 Å². The number of piperazine rings is 1. The molecule has 0 amide bonds. The van der Waals surface area contributed by atoms with Crippen LogP contribution in [0.3, 0.4) is 0 Å². The van der Waals surface area contributed by atoms with Gasteiger partial charge in [-0.1, -0.05) is 12.1 Å². The number of ether oxygens (including phenoxy) is 1. The first-order chi connectivity index (χ1) is 14.1. The lowest BCUT2D eigenvalue weighted by Gasteiger charge is -2.38. The average molecular weight is 526 g/mol. The minimum atomic E-state index is 0. The number of methoxy groups -OCH3 is 1. The van der Waals surface area contributed by atoms with Crippen LogP contribution in [0.15, 0.2) is 35.3 Å². The second kappa shape index (κ2) is 12.0. The Bertz CT molecular complexity index is 814. The summed E-state index contributed by atoms with van der Waals surface area (Å²) in [6.45, 7) is 12.6. The monoisotopic (exact) mass is 526 g/mol. The predicted molar refractivity (Wildman–Crippen MR) is 134 cm³/mol. The van der Waals surface area contributed by atoms with Gasteiger partial charge in [0.1, 0.15) is 5.75 Å². The van der Waals surface area contributed by atoms with Gasteiger partial charge in [0.15, 0.2) is 5.96 Å². The van der Waals surface area contributed by atoms with Gasteiger partial charge in [-0.25, -0.2) is 0 Å². The predicted octanol–water partition coefficient (Wildman–Crippen LogP) is 3.30. The quantitative estimate of drug-likeness (QED) is 0.260. The zero-order valence-corrected chi connectivity index (χ0v) is 20.9. The standard InChI is InChI=1S/C22H34N6O.HI/c1-5-23-22(24-11-8-12-28-19(3)17-18(2)25-28)27-15-13-26(14-16-27)20-9-6-7-10-21(20)29-4;/h6-7,9-10,17H,5,8,11-16H2,1-4H3,(H,23,24);1H. The Kier molecular flexibility index (Phi) is 9.74. The molecule has 1 saturated heterocycles. The SMILES string of the molecule is CCNC(=NCCCn1nc(C)cc1C)N1CCN(c2ccccc2OC)CC1.I. The minimum Gasteiger partial charge on any atom is -0.495 e. The van der Waals surface area contributed by atoms with Crippen LogP contribution in [0, 0.1) is 13.8 Å². The molecule has 0 unspecified atom stereocenters. The second-order valence-corrected chi connectivity index (χ2v) is 7.39. The highest BCUT2D eigenvalue weighted by molar-refractivity contribution is 14.0. The summed E-state index contributed by atoms with van der Waals surface area (Å²) in [4.78, 5) is 9.62. The van der Waals surface area contributed by atoms with Crippen LogP contribution in [0.1, 0.15) is 24.7 Å². The molecule has 0 atom stereocenters. The van der Waals surface area contributed by atoms with Crippen molar-refractivity contribution in [3.63, 3.8) is 0 Å². The molecule has 1 aromatic carbocycles. The van der Waals surface area contributed by atoms with Crippen molar-refractivity contribution < 1.29 is 4.74 Å². The first kappa shape index (κ1) is 24.3. The van der Waals surface area contributed by atoms with E-state index in [1.54, 1.807) is 7.11 Å². The van der Waals surface area contributed by atoms with Crippen LogP contribution in [0.5, 0.6) is 5.75 Å². The summed E-state index contributed by atoms with van der Waals surface area (Å²) in [6.07, 6.45) is 0.984. The smallest absolute Gasteiger partial charge is 0.194 e. The summed E-state index contributed by atoms with van der Waals surface area (Å²) in [6, 6.07) is 10.4. The first-order valence-corrected chi connectivity index (χ1v) is 10.5. The third kappa shape index (κ3) is 6.26. The van der Waals surface area contributed by atoms with Crippen LogP contribution in [-0.4, -0.2) is 67.0 Å². The van der Waals surface area contributed by atoms with E-state index < -0.39 is 0 Å². The fourth-order valence-corrected chi connectivity index (χ4v) is 3.78. The van der Waals surface area contributed by atoms with E-state index in [9.17, 15) is 0 Å². The molecule has 3 rings (SSSR count). The number of hydrogen-bond donors (Lipinski definition) is 1. The number of aryl methyl sites for hydroxylation is 3. The molecular formula is C22H35IN6O. The molecule has 1 aliphatic rings. The molecule has 7 nitrogen and oxygen atoms in total. The largest absolute Gasteiger partial charge is 0.495 e. The van der Waals surface area contributed by atoms with Crippen LogP contribution < -0.4 is 15.0 Å². The Morgan fingerprint density at radius 3 is 2.53 bits per heavy atom. The number of nitrogens with one attached hydrogen (secondary N) is 1. The van der Waals surface area contributed by atoms with Gasteiger partial charge in [-0.3, -0.25) is 9.67 Å². The number of aliphatic imine (C=N–C) groups is 1. The molecule has 0 radical (unpaired) electrons. The zero-order chi connectivity index (χ0) is 20.6. The van der Waals surface area contributed by atoms with E-state index in [0.29, 0.717) is 0 Å². The lowest BCUT2D eigenvalue weighted by molar-refractivity contribution is 0.367. The topological polar surface area (TPSA) is 57.9 Å². The van der Waals surface area contributed by atoms with Crippen LogP contribution in [0.4, 0.5) is 5.69 Å². The van der Waals surface area contributed by atoms with Crippen molar-refractivity contribution in [2.24, 2.45) is 4.99 Å². The number of rotatable bonds is 7. The van der Waals surface area contributed by atoms with E-state index in [2.05, 4.69) is 56.9 Å². The van der Waals surface area contributed by atoms with Gasteiger partial charge in [-0.15, -0.1) is 24.0 Å². The molecule has 8 heteroatoms. The van der Waals surface area contributed by atoms with Crippen molar-refractivity contribution in [3.05, 3.63) is 41.7 Å². The molecule has 0 aliphatic carbocycles. The molecule has 0 saturated carbocycles. The Labute approximate surface area is 197 Å². The van der Waals surface area contributed by atoms with Crippen LogP contribution >= 0.6 is 24.0 Å². The van der Waals surface area contributed by atoms with Gasteiger partial charge >= 0.3 is 0 Å². The highest BCUT2D eigenvalue weighted by Gasteiger charge is 2.21. The number of para-hydroxylation sites is 2. The Morgan fingerprint density at radius 1 is 1.17 bits per heavy atom.